The molecule has 3 aromatic rings. The van der Waals surface area contributed by atoms with Crippen LogP contribution in [0.5, 0.6) is 11.5 Å². The number of aromatic nitrogens is 2. The fourth-order valence-electron chi connectivity index (χ4n) is 5.69. The Morgan fingerprint density at radius 3 is 2.57 bits per heavy atom. The van der Waals surface area contributed by atoms with Crippen molar-refractivity contribution in [1.29, 1.82) is 0 Å². The summed E-state index contributed by atoms with van der Waals surface area (Å²) in [6.07, 6.45) is 4.50. The van der Waals surface area contributed by atoms with Crippen molar-refractivity contribution in [2.24, 2.45) is 5.92 Å². The summed E-state index contributed by atoms with van der Waals surface area (Å²) >= 11 is 1.90. The predicted octanol–water partition coefficient (Wildman–Crippen LogP) is 4.23. The molecule has 0 bridgehead atoms. The zero-order valence-corrected chi connectivity index (χ0v) is 21.7. The number of nitrogens with zero attached hydrogens (tertiary/aromatic N) is 4. The van der Waals surface area contributed by atoms with Crippen LogP contribution in [-0.4, -0.2) is 61.9 Å². The van der Waals surface area contributed by atoms with E-state index in [1.807, 2.05) is 11.3 Å². The van der Waals surface area contributed by atoms with Crippen LogP contribution in [0.25, 0.3) is 10.2 Å². The maximum atomic E-state index is 5.61. The summed E-state index contributed by atoms with van der Waals surface area (Å²) in [4.78, 5) is 17.9. The molecule has 2 aromatic heterocycles. The lowest BCUT2D eigenvalue weighted by atomic mass is 9.89. The van der Waals surface area contributed by atoms with Crippen molar-refractivity contribution in [3.05, 3.63) is 39.5 Å². The lowest BCUT2D eigenvalue weighted by molar-refractivity contribution is 0.0331. The van der Waals surface area contributed by atoms with E-state index in [0.717, 1.165) is 99.1 Å². The molecule has 0 unspecified atom stereocenters. The quantitative estimate of drug-likeness (QED) is 0.526. The van der Waals surface area contributed by atoms with Crippen LogP contribution in [0.3, 0.4) is 0 Å². The van der Waals surface area contributed by atoms with Crippen molar-refractivity contribution in [3.63, 3.8) is 0 Å². The molecule has 6 rings (SSSR count). The van der Waals surface area contributed by atoms with Gasteiger partial charge >= 0.3 is 0 Å². The van der Waals surface area contributed by atoms with Crippen LogP contribution in [0.4, 0.5) is 5.82 Å². The number of benzene rings is 1. The Labute approximate surface area is 211 Å². The normalized spacial score (nSPS) is 20.5. The first-order chi connectivity index (χ1) is 17.1. The number of thiophene rings is 1. The van der Waals surface area contributed by atoms with Gasteiger partial charge in [0, 0.05) is 31.1 Å². The molecular formula is C27H34N4O3S. The van der Waals surface area contributed by atoms with E-state index in [1.165, 1.54) is 33.4 Å². The summed E-state index contributed by atoms with van der Waals surface area (Å²) in [7, 11) is 3.41. The van der Waals surface area contributed by atoms with Crippen LogP contribution in [0.15, 0.2) is 12.1 Å². The number of rotatable bonds is 5. The van der Waals surface area contributed by atoms with E-state index in [1.54, 1.807) is 14.2 Å². The summed E-state index contributed by atoms with van der Waals surface area (Å²) in [5, 5.41) is 1.30. The number of morpholine rings is 1. The predicted molar refractivity (Wildman–Crippen MR) is 139 cm³/mol. The molecule has 7 nitrogen and oxygen atoms in total. The SMILES string of the molecule is COc1cc2c(cc1OC)CN(c1nc(CN3CCOCC3)nc3sc4c(c13)CC[C@@H](C)C4)CC2. The van der Waals surface area contributed by atoms with Gasteiger partial charge in [0.05, 0.1) is 39.4 Å². The van der Waals surface area contributed by atoms with Crippen LogP contribution in [0, 0.1) is 5.92 Å². The molecule has 0 spiro atoms. The van der Waals surface area contributed by atoms with Gasteiger partial charge in [0.1, 0.15) is 16.5 Å². The average molecular weight is 495 g/mol. The van der Waals surface area contributed by atoms with E-state index in [2.05, 4.69) is 28.9 Å². The maximum Gasteiger partial charge on any atom is 0.161 e. The molecule has 186 valence electrons. The monoisotopic (exact) mass is 494 g/mol. The Morgan fingerprint density at radius 1 is 1.03 bits per heavy atom. The first-order valence-electron chi connectivity index (χ1n) is 12.7. The van der Waals surface area contributed by atoms with E-state index in [-0.39, 0.29) is 0 Å². The molecule has 3 aliphatic rings. The van der Waals surface area contributed by atoms with Gasteiger partial charge in [-0.1, -0.05) is 6.92 Å². The Kier molecular flexibility index (Phi) is 6.28. The molecule has 1 atom stereocenters. The Morgan fingerprint density at radius 2 is 1.80 bits per heavy atom. The van der Waals surface area contributed by atoms with E-state index in [4.69, 9.17) is 24.2 Å². The van der Waals surface area contributed by atoms with Crippen LogP contribution in [-0.2, 0) is 37.1 Å². The highest BCUT2D eigenvalue weighted by molar-refractivity contribution is 7.19. The molecule has 35 heavy (non-hydrogen) atoms. The van der Waals surface area contributed by atoms with Crippen molar-refractivity contribution < 1.29 is 14.2 Å². The van der Waals surface area contributed by atoms with Crippen molar-refractivity contribution in [3.8, 4) is 11.5 Å². The Hall–Kier alpha value is -2.42. The molecule has 4 heterocycles. The lowest BCUT2D eigenvalue weighted by Crippen LogP contribution is -2.36. The molecule has 1 aliphatic carbocycles. The molecule has 1 aromatic carbocycles. The highest BCUT2D eigenvalue weighted by Crippen LogP contribution is 2.42. The number of fused-ring (bicyclic) bond motifs is 4. The third kappa shape index (κ3) is 4.36. The standard InChI is InChI=1S/C27H34N4O3S/c1-17-4-5-20-23(12-17)35-27-25(20)26(28-24(29-27)16-30-8-10-34-11-9-30)31-7-6-18-13-21(32-2)22(33-3)14-19(18)15-31/h13-14,17H,4-12,15-16H2,1-3H3/t17-/m1/s1. The smallest absolute Gasteiger partial charge is 0.161 e. The van der Waals surface area contributed by atoms with Crippen LogP contribution < -0.4 is 14.4 Å². The zero-order valence-electron chi connectivity index (χ0n) is 20.9. The molecule has 0 N–H and O–H groups in total. The van der Waals surface area contributed by atoms with Gasteiger partial charge in [0.25, 0.3) is 0 Å². The van der Waals surface area contributed by atoms with Gasteiger partial charge in [0.15, 0.2) is 11.5 Å². The van der Waals surface area contributed by atoms with Crippen molar-refractivity contribution in [1.82, 2.24) is 14.9 Å². The second-order valence-corrected chi connectivity index (χ2v) is 11.1. The largest absolute Gasteiger partial charge is 0.493 e. The van der Waals surface area contributed by atoms with Gasteiger partial charge in [-0.2, -0.15) is 0 Å². The average Bonchev–Trinajstić information content (AvgIpc) is 3.24. The van der Waals surface area contributed by atoms with Crippen LogP contribution in [0.1, 0.15) is 40.7 Å². The molecule has 1 saturated heterocycles. The molecular weight excluding hydrogens is 460 g/mol. The molecule has 1 fully saturated rings. The molecule has 0 radical (unpaired) electrons. The first-order valence-corrected chi connectivity index (χ1v) is 13.5. The fourth-order valence-corrected chi connectivity index (χ4v) is 7.09. The summed E-state index contributed by atoms with van der Waals surface area (Å²) < 4.78 is 16.7. The van der Waals surface area contributed by atoms with E-state index < -0.39 is 0 Å². The van der Waals surface area contributed by atoms with E-state index >= 15 is 0 Å². The van der Waals surface area contributed by atoms with Crippen LogP contribution >= 0.6 is 11.3 Å². The molecule has 2 aliphatic heterocycles. The minimum absolute atomic E-state index is 0.740. The Bertz CT molecular complexity index is 1240. The second-order valence-electron chi connectivity index (χ2n) is 10.0. The van der Waals surface area contributed by atoms with Gasteiger partial charge in [-0.05, 0) is 60.4 Å². The number of hydrogen-bond donors (Lipinski definition) is 0. The summed E-state index contributed by atoms with van der Waals surface area (Å²) in [5.74, 6) is 4.38. The van der Waals surface area contributed by atoms with E-state index in [0.29, 0.717) is 0 Å². The number of methoxy groups -OCH3 is 2. The van der Waals surface area contributed by atoms with E-state index in [9.17, 15) is 0 Å². The van der Waals surface area contributed by atoms with Crippen molar-refractivity contribution in [2.75, 3.05) is 52.0 Å². The summed E-state index contributed by atoms with van der Waals surface area (Å²) in [5.41, 5.74) is 4.11. The lowest BCUT2D eigenvalue weighted by Gasteiger charge is -2.32. The second kappa shape index (κ2) is 9.56. The number of ether oxygens (including phenoxy) is 3. The molecule has 0 saturated carbocycles. The Balaban J connectivity index is 1.41. The van der Waals surface area contributed by atoms with Gasteiger partial charge in [-0.15, -0.1) is 11.3 Å². The van der Waals surface area contributed by atoms with Crippen molar-refractivity contribution in [2.45, 2.75) is 45.7 Å². The van der Waals surface area contributed by atoms with Gasteiger partial charge in [0.2, 0.25) is 0 Å². The molecule has 8 heteroatoms. The van der Waals surface area contributed by atoms with Gasteiger partial charge in [-0.25, -0.2) is 9.97 Å². The minimum atomic E-state index is 0.740. The third-order valence-electron chi connectivity index (χ3n) is 7.67. The summed E-state index contributed by atoms with van der Waals surface area (Å²) in [6, 6.07) is 4.27. The summed E-state index contributed by atoms with van der Waals surface area (Å²) in [6.45, 7) is 8.35. The van der Waals surface area contributed by atoms with Crippen LogP contribution in [0.2, 0.25) is 0 Å². The first kappa shape index (κ1) is 23.0. The number of anilines is 1. The number of hydrogen-bond acceptors (Lipinski definition) is 8. The maximum absolute atomic E-state index is 5.61. The zero-order chi connectivity index (χ0) is 23.9. The minimum Gasteiger partial charge on any atom is -0.493 e. The fraction of sp³-hybridized carbons (Fsp3) is 0.556. The topological polar surface area (TPSA) is 60.0 Å². The van der Waals surface area contributed by atoms with Crippen molar-refractivity contribution >= 4 is 27.4 Å². The van der Waals surface area contributed by atoms with Gasteiger partial charge < -0.3 is 19.1 Å². The molecule has 0 amide bonds. The highest BCUT2D eigenvalue weighted by atomic mass is 32.1. The van der Waals surface area contributed by atoms with Gasteiger partial charge in [-0.3, -0.25) is 4.90 Å². The number of aryl methyl sites for hydroxylation is 1. The third-order valence-corrected chi connectivity index (χ3v) is 8.82. The highest BCUT2D eigenvalue weighted by Gasteiger charge is 2.28.